The fourth-order valence-electron chi connectivity index (χ4n) is 2.90. The van der Waals surface area contributed by atoms with E-state index in [2.05, 4.69) is 5.32 Å². The maximum atomic E-state index is 13.0. The molecule has 3 rings (SSSR count). The SMILES string of the molecule is N#Cc1c(NCCCO)c2ccccc2n(-c2ccc([N+](=O)[O-])cc2)c1=O. The molecule has 0 saturated heterocycles. The molecule has 8 nitrogen and oxygen atoms in total. The summed E-state index contributed by atoms with van der Waals surface area (Å²) in [5.74, 6) is 0. The summed E-state index contributed by atoms with van der Waals surface area (Å²) in [4.78, 5) is 23.4. The van der Waals surface area contributed by atoms with Crippen molar-refractivity contribution in [3.63, 3.8) is 0 Å². The van der Waals surface area contributed by atoms with Gasteiger partial charge in [-0.15, -0.1) is 0 Å². The van der Waals surface area contributed by atoms with Crippen LogP contribution < -0.4 is 10.9 Å². The molecule has 0 aliphatic heterocycles. The Labute approximate surface area is 154 Å². The summed E-state index contributed by atoms with van der Waals surface area (Å²) in [6.07, 6.45) is 0.477. The van der Waals surface area contributed by atoms with Gasteiger partial charge < -0.3 is 10.4 Å². The van der Waals surface area contributed by atoms with E-state index in [-0.39, 0.29) is 17.9 Å². The average molecular weight is 364 g/mol. The van der Waals surface area contributed by atoms with E-state index in [0.29, 0.717) is 35.2 Å². The van der Waals surface area contributed by atoms with Crippen LogP contribution in [0, 0.1) is 21.4 Å². The van der Waals surface area contributed by atoms with Crippen molar-refractivity contribution in [3.8, 4) is 11.8 Å². The number of nitro groups is 1. The summed E-state index contributed by atoms with van der Waals surface area (Å²) in [6.45, 7) is 0.406. The molecule has 0 fully saturated rings. The van der Waals surface area contributed by atoms with Gasteiger partial charge in [0.2, 0.25) is 0 Å². The predicted octanol–water partition coefficient (Wildman–Crippen LogP) is 2.56. The van der Waals surface area contributed by atoms with E-state index in [1.807, 2.05) is 6.07 Å². The van der Waals surface area contributed by atoms with Crippen LogP contribution in [0.3, 0.4) is 0 Å². The minimum absolute atomic E-state index is 0.00726. The minimum atomic E-state index is -0.517. The fraction of sp³-hybridized carbons (Fsp3) is 0.158. The number of nitrogens with one attached hydrogen (secondary N) is 1. The Bertz CT molecular complexity index is 1100. The Hall–Kier alpha value is -3.70. The molecule has 0 radical (unpaired) electrons. The molecule has 0 atom stereocenters. The zero-order valence-corrected chi connectivity index (χ0v) is 14.3. The monoisotopic (exact) mass is 364 g/mol. The lowest BCUT2D eigenvalue weighted by Gasteiger charge is -2.16. The second-order valence-electron chi connectivity index (χ2n) is 5.80. The van der Waals surface area contributed by atoms with Crippen LogP contribution in [-0.4, -0.2) is 27.7 Å². The molecule has 0 amide bonds. The molecule has 0 unspecified atom stereocenters. The molecule has 2 N–H and O–H groups in total. The zero-order valence-electron chi connectivity index (χ0n) is 14.3. The molecule has 8 heteroatoms. The highest BCUT2D eigenvalue weighted by Crippen LogP contribution is 2.27. The van der Waals surface area contributed by atoms with Crippen molar-refractivity contribution >= 4 is 22.3 Å². The Morgan fingerprint density at radius 1 is 1.19 bits per heavy atom. The smallest absolute Gasteiger partial charge is 0.275 e. The lowest BCUT2D eigenvalue weighted by Crippen LogP contribution is -2.24. The number of nitrogens with zero attached hydrogens (tertiary/aromatic N) is 3. The van der Waals surface area contributed by atoms with Gasteiger partial charge in [0.15, 0.2) is 0 Å². The number of rotatable bonds is 6. The molecule has 3 aromatic rings. The van der Waals surface area contributed by atoms with Crippen molar-refractivity contribution in [2.45, 2.75) is 6.42 Å². The van der Waals surface area contributed by atoms with Crippen LogP contribution in [0.25, 0.3) is 16.6 Å². The molecule has 27 heavy (non-hydrogen) atoms. The van der Waals surface area contributed by atoms with Gasteiger partial charge in [-0.25, -0.2) is 0 Å². The first-order valence-electron chi connectivity index (χ1n) is 8.26. The maximum absolute atomic E-state index is 13.0. The Morgan fingerprint density at radius 3 is 2.52 bits per heavy atom. The Kier molecular flexibility index (Phi) is 5.15. The topological polar surface area (TPSA) is 121 Å². The third-order valence-electron chi connectivity index (χ3n) is 4.15. The number of nitriles is 1. The van der Waals surface area contributed by atoms with Gasteiger partial charge in [0.1, 0.15) is 11.6 Å². The second-order valence-corrected chi connectivity index (χ2v) is 5.80. The van der Waals surface area contributed by atoms with Crippen molar-refractivity contribution in [2.75, 3.05) is 18.5 Å². The fourth-order valence-corrected chi connectivity index (χ4v) is 2.90. The molecule has 0 aliphatic rings. The number of hydrogen-bond acceptors (Lipinski definition) is 6. The van der Waals surface area contributed by atoms with E-state index in [0.717, 1.165) is 0 Å². The summed E-state index contributed by atoms with van der Waals surface area (Å²) in [7, 11) is 0. The summed E-state index contributed by atoms with van der Waals surface area (Å²) < 4.78 is 1.37. The Balaban J connectivity index is 2.26. The second kappa shape index (κ2) is 7.68. The van der Waals surface area contributed by atoms with Gasteiger partial charge in [0.25, 0.3) is 11.2 Å². The first-order valence-corrected chi connectivity index (χ1v) is 8.26. The number of aliphatic hydroxyl groups is 1. The lowest BCUT2D eigenvalue weighted by molar-refractivity contribution is -0.384. The van der Waals surface area contributed by atoms with Crippen molar-refractivity contribution in [3.05, 3.63) is 74.6 Å². The van der Waals surface area contributed by atoms with E-state index in [1.54, 1.807) is 24.3 Å². The highest BCUT2D eigenvalue weighted by molar-refractivity contribution is 5.95. The molecule has 2 aromatic carbocycles. The largest absolute Gasteiger partial charge is 0.396 e. The zero-order chi connectivity index (χ0) is 19.4. The van der Waals surface area contributed by atoms with Crippen molar-refractivity contribution in [2.24, 2.45) is 0 Å². The third kappa shape index (κ3) is 3.36. The van der Waals surface area contributed by atoms with Gasteiger partial charge in [-0.3, -0.25) is 19.5 Å². The lowest BCUT2D eigenvalue weighted by atomic mass is 10.1. The quantitative estimate of drug-likeness (QED) is 0.394. The van der Waals surface area contributed by atoms with Crippen molar-refractivity contribution in [1.82, 2.24) is 4.57 Å². The summed E-state index contributed by atoms with van der Waals surface area (Å²) >= 11 is 0. The first kappa shape index (κ1) is 18.1. The van der Waals surface area contributed by atoms with Crippen LogP contribution in [0.1, 0.15) is 12.0 Å². The molecule has 0 spiro atoms. The highest BCUT2D eigenvalue weighted by Gasteiger charge is 2.18. The van der Waals surface area contributed by atoms with Gasteiger partial charge in [-0.05, 0) is 24.6 Å². The van der Waals surface area contributed by atoms with E-state index in [1.165, 1.54) is 28.8 Å². The number of para-hydroxylation sites is 1. The molecule has 0 bridgehead atoms. The standard InChI is InChI=1S/C19H16N4O4/c20-12-16-18(21-10-3-11-24)15-4-1-2-5-17(15)22(19(16)25)13-6-8-14(9-7-13)23(26)27/h1-2,4-9,21,24H,3,10-11H2. The van der Waals surface area contributed by atoms with E-state index in [9.17, 15) is 20.2 Å². The number of aliphatic hydroxyl groups excluding tert-OH is 1. The van der Waals surface area contributed by atoms with E-state index in [4.69, 9.17) is 5.11 Å². The molecule has 1 aromatic heterocycles. The van der Waals surface area contributed by atoms with Crippen molar-refractivity contribution < 1.29 is 10.0 Å². The predicted molar refractivity (Wildman–Crippen MR) is 101 cm³/mol. The molecular formula is C19H16N4O4. The van der Waals surface area contributed by atoms with E-state index < -0.39 is 10.5 Å². The summed E-state index contributed by atoms with van der Waals surface area (Å²) in [5.41, 5.74) is 0.771. The van der Waals surface area contributed by atoms with Crippen LogP contribution >= 0.6 is 0 Å². The van der Waals surface area contributed by atoms with Gasteiger partial charge >= 0.3 is 0 Å². The number of pyridine rings is 1. The number of fused-ring (bicyclic) bond motifs is 1. The van der Waals surface area contributed by atoms with Crippen LogP contribution in [-0.2, 0) is 0 Å². The number of hydrogen-bond donors (Lipinski definition) is 2. The minimum Gasteiger partial charge on any atom is -0.396 e. The number of aromatic nitrogens is 1. The van der Waals surface area contributed by atoms with Gasteiger partial charge in [0.05, 0.1) is 16.1 Å². The molecule has 1 heterocycles. The van der Waals surface area contributed by atoms with Gasteiger partial charge in [0, 0.05) is 36.4 Å². The van der Waals surface area contributed by atoms with Crippen LogP contribution in [0.15, 0.2) is 53.3 Å². The summed E-state index contributed by atoms with van der Waals surface area (Å²) in [6, 6.07) is 14.6. The normalized spacial score (nSPS) is 10.5. The Morgan fingerprint density at radius 2 is 1.89 bits per heavy atom. The average Bonchev–Trinajstić information content (AvgIpc) is 2.68. The van der Waals surface area contributed by atoms with Crippen LogP contribution in [0.2, 0.25) is 0 Å². The number of benzene rings is 2. The number of anilines is 1. The molecule has 0 saturated carbocycles. The number of non-ortho nitro benzene ring substituents is 1. The molecular weight excluding hydrogens is 348 g/mol. The van der Waals surface area contributed by atoms with Crippen LogP contribution in [0.5, 0.6) is 0 Å². The van der Waals surface area contributed by atoms with E-state index >= 15 is 0 Å². The molecule has 136 valence electrons. The van der Waals surface area contributed by atoms with Gasteiger partial charge in [-0.2, -0.15) is 5.26 Å². The third-order valence-corrected chi connectivity index (χ3v) is 4.15. The summed E-state index contributed by atoms with van der Waals surface area (Å²) in [5, 5.41) is 33.1. The molecule has 0 aliphatic carbocycles. The van der Waals surface area contributed by atoms with Crippen LogP contribution in [0.4, 0.5) is 11.4 Å². The first-order chi connectivity index (χ1) is 13.1. The number of nitro benzene ring substituents is 1. The van der Waals surface area contributed by atoms with Crippen molar-refractivity contribution in [1.29, 1.82) is 5.26 Å². The maximum Gasteiger partial charge on any atom is 0.275 e. The van der Waals surface area contributed by atoms with Gasteiger partial charge in [-0.1, -0.05) is 18.2 Å². The highest BCUT2D eigenvalue weighted by atomic mass is 16.6.